The molecule has 0 bridgehead atoms. The van der Waals surface area contributed by atoms with Gasteiger partial charge in [-0.3, -0.25) is 4.79 Å². The summed E-state index contributed by atoms with van der Waals surface area (Å²) in [5, 5.41) is 14.6. The van der Waals surface area contributed by atoms with Gasteiger partial charge in [0.05, 0.1) is 6.42 Å². The summed E-state index contributed by atoms with van der Waals surface area (Å²) < 4.78 is 0. The van der Waals surface area contributed by atoms with Crippen molar-refractivity contribution < 1.29 is 4.79 Å². The number of aromatic nitrogens is 2. The van der Waals surface area contributed by atoms with E-state index in [0.29, 0.717) is 23.1 Å². The highest BCUT2D eigenvalue weighted by molar-refractivity contribution is 6.31. The first kappa shape index (κ1) is 16.9. The zero-order valence-electron chi connectivity index (χ0n) is 13.7. The topological polar surface area (TPSA) is 66.9 Å². The van der Waals surface area contributed by atoms with E-state index in [1.807, 2.05) is 55.5 Å². The summed E-state index contributed by atoms with van der Waals surface area (Å²) in [6, 6.07) is 18.7. The van der Waals surface area contributed by atoms with Crippen LogP contribution in [0.3, 0.4) is 0 Å². The Kier molecular flexibility index (Phi) is 5.26. The third-order valence-electron chi connectivity index (χ3n) is 3.58. The van der Waals surface area contributed by atoms with Crippen molar-refractivity contribution in [2.45, 2.75) is 13.3 Å². The number of nitrogens with zero attached hydrogens (tertiary/aromatic N) is 2. The zero-order valence-corrected chi connectivity index (χ0v) is 14.4. The molecule has 3 aromatic rings. The van der Waals surface area contributed by atoms with Crippen molar-refractivity contribution in [1.29, 1.82) is 0 Å². The monoisotopic (exact) mass is 352 g/mol. The van der Waals surface area contributed by atoms with Gasteiger partial charge in [-0.25, -0.2) is 0 Å². The van der Waals surface area contributed by atoms with Crippen molar-refractivity contribution in [3.63, 3.8) is 0 Å². The maximum Gasteiger partial charge on any atom is 0.229 e. The van der Waals surface area contributed by atoms with E-state index in [0.717, 1.165) is 16.8 Å². The van der Waals surface area contributed by atoms with Gasteiger partial charge in [-0.15, -0.1) is 10.2 Å². The number of carbonyl (C=O) groups excluding carboxylic acids is 1. The Morgan fingerprint density at radius 3 is 2.40 bits per heavy atom. The number of hydrogen-bond donors (Lipinski definition) is 2. The molecule has 0 unspecified atom stereocenters. The van der Waals surface area contributed by atoms with Crippen molar-refractivity contribution in [3.05, 3.63) is 76.8 Å². The van der Waals surface area contributed by atoms with Crippen LogP contribution >= 0.6 is 11.6 Å². The van der Waals surface area contributed by atoms with E-state index in [4.69, 9.17) is 11.6 Å². The van der Waals surface area contributed by atoms with Gasteiger partial charge in [-0.2, -0.15) is 0 Å². The summed E-state index contributed by atoms with van der Waals surface area (Å²) in [7, 11) is 0. The maximum atomic E-state index is 12.0. The minimum Gasteiger partial charge on any atom is -0.339 e. The summed E-state index contributed by atoms with van der Waals surface area (Å²) in [6.45, 7) is 1.94. The largest absolute Gasteiger partial charge is 0.339 e. The molecular weight excluding hydrogens is 336 g/mol. The van der Waals surface area contributed by atoms with Crippen LogP contribution in [0.5, 0.6) is 0 Å². The number of hydrogen-bond acceptors (Lipinski definition) is 4. The SMILES string of the molecule is Cc1ccc(Nc2ccc(NC(=O)Cc3ccccc3)nn2)cc1Cl. The number of nitrogens with one attached hydrogen (secondary N) is 2. The molecule has 1 heterocycles. The van der Waals surface area contributed by atoms with Crippen molar-refractivity contribution in [2.75, 3.05) is 10.6 Å². The van der Waals surface area contributed by atoms with Gasteiger partial charge in [-0.1, -0.05) is 48.0 Å². The summed E-state index contributed by atoms with van der Waals surface area (Å²) in [5.74, 6) is 0.848. The average Bonchev–Trinajstić information content (AvgIpc) is 2.61. The molecule has 2 aromatic carbocycles. The first-order valence-electron chi connectivity index (χ1n) is 7.81. The van der Waals surface area contributed by atoms with E-state index < -0.39 is 0 Å². The van der Waals surface area contributed by atoms with Crippen LogP contribution in [0.15, 0.2) is 60.7 Å². The molecule has 1 amide bonds. The Labute approximate surface area is 151 Å². The van der Waals surface area contributed by atoms with Gasteiger partial charge in [0.25, 0.3) is 0 Å². The van der Waals surface area contributed by atoms with E-state index in [9.17, 15) is 4.79 Å². The van der Waals surface area contributed by atoms with Crippen molar-refractivity contribution in [3.8, 4) is 0 Å². The highest BCUT2D eigenvalue weighted by Crippen LogP contribution is 2.22. The quantitative estimate of drug-likeness (QED) is 0.715. The first-order chi connectivity index (χ1) is 12.1. The highest BCUT2D eigenvalue weighted by atomic mass is 35.5. The molecule has 0 fully saturated rings. The number of rotatable bonds is 5. The summed E-state index contributed by atoms with van der Waals surface area (Å²) in [5.41, 5.74) is 2.78. The van der Waals surface area contributed by atoms with E-state index >= 15 is 0 Å². The van der Waals surface area contributed by atoms with Crippen LogP contribution < -0.4 is 10.6 Å². The van der Waals surface area contributed by atoms with Gasteiger partial charge in [0.15, 0.2) is 11.6 Å². The molecule has 0 aliphatic heterocycles. The lowest BCUT2D eigenvalue weighted by atomic mass is 10.1. The number of carbonyl (C=O) groups is 1. The predicted molar refractivity (Wildman–Crippen MR) is 100 cm³/mol. The molecule has 1 aromatic heterocycles. The van der Waals surface area contributed by atoms with E-state index in [1.54, 1.807) is 12.1 Å². The standard InChI is InChI=1S/C19H17ClN4O/c1-13-7-8-15(12-16(13)20)21-17-9-10-18(24-23-17)22-19(25)11-14-5-3-2-4-6-14/h2-10,12H,11H2,1H3,(H,21,23)(H,22,24,25). The van der Waals surface area contributed by atoms with Crippen LogP contribution in [-0.4, -0.2) is 16.1 Å². The molecular formula is C19H17ClN4O. The van der Waals surface area contributed by atoms with Crippen LogP contribution in [0.1, 0.15) is 11.1 Å². The molecule has 0 atom stereocenters. The van der Waals surface area contributed by atoms with Crippen LogP contribution in [0.25, 0.3) is 0 Å². The molecule has 0 radical (unpaired) electrons. The van der Waals surface area contributed by atoms with Gasteiger partial charge in [0.2, 0.25) is 5.91 Å². The molecule has 0 aliphatic carbocycles. The minimum atomic E-state index is -0.133. The molecule has 3 rings (SSSR count). The predicted octanol–water partition coefficient (Wildman–Crippen LogP) is 4.36. The molecule has 0 spiro atoms. The summed E-state index contributed by atoms with van der Waals surface area (Å²) in [6.07, 6.45) is 0.296. The van der Waals surface area contributed by atoms with Gasteiger partial charge in [0.1, 0.15) is 0 Å². The Morgan fingerprint density at radius 1 is 1.00 bits per heavy atom. The van der Waals surface area contributed by atoms with Crippen LogP contribution in [0, 0.1) is 6.92 Å². The minimum absolute atomic E-state index is 0.133. The highest BCUT2D eigenvalue weighted by Gasteiger charge is 2.06. The lowest BCUT2D eigenvalue weighted by Gasteiger charge is -2.08. The second kappa shape index (κ2) is 7.77. The third-order valence-corrected chi connectivity index (χ3v) is 3.99. The molecule has 0 saturated carbocycles. The second-order valence-electron chi connectivity index (χ2n) is 5.60. The zero-order chi connectivity index (χ0) is 17.6. The Bertz CT molecular complexity index is 866. The van der Waals surface area contributed by atoms with Gasteiger partial charge in [-0.05, 0) is 42.3 Å². The lowest BCUT2D eigenvalue weighted by molar-refractivity contribution is -0.115. The van der Waals surface area contributed by atoms with Crippen molar-refractivity contribution in [2.24, 2.45) is 0 Å². The van der Waals surface area contributed by atoms with Gasteiger partial charge in [0, 0.05) is 10.7 Å². The fraction of sp³-hybridized carbons (Fsp3) is 0.105. The molecule has 6 heteroatoms. The second-order valence-corrected chi connectivity index (χ2v) is 6.01. The van der Waals surface area contributed by atoms with Crippen LogP contribution in [0.2, 0.25) is 5.02 Å². The molecule has 0 saturated heterocycles. The van der Waals surface area contributed by atoms with Crippen LogP contribution in [-0.2, 0) is 11.2 Å². The maximum absolute atomic E-state index is 12.0. The Balaban J connectivity index is 1.60. The Hall–Kier alpha value is -2.92. The number of benzene rings is 2. The Morgan fingerprint density at radius 2 is 1.72 bits per heavy atom. The fourth-order valence-electron chi connectivity index (χ4n) is 2.25. The van der Waals surface area contributed by atoms with E-state index in [-0.39, 0.29) is 5.91 Å². The molecule has 2 N–H and O–H groups in total. The first-order valence-corrected chi connectivity index (χ1v) is 8.18. The number of halogens is 1. The smallest absolute Gasteiger partial charge is 0.229 e. The third kappa shape index (κ3) is 4.78. The summed E-state index contributed by atoms with van der Waals surface area (Å²) >= 11 is 6.11. The number of amides is 1. The molecule has 25 heavy (non-hydrogen) atoms. The summed E-state index contributed by atoms with van der Waals surface area (Å²) in [4.78, 5) is 12.0. The van der Waals surface area contributed by atoms with Crippen molar-refractivity contribution in [1.82, 2.24) is 10.2 Å². The molecule has 5 nitrogen and oxygen atoms in total. The van der Waals surface area contributed by atoms with Gasteiger partial charge < -0.3 is 10.6 Å². The van der Waals surface area contributed by atoms with Crippen molar-refractivity contribution >= 4 is 34.8 Å². The normalized spacial score (nSPS) is 10.3. The van der Waals surface area contributed by atoms with Gasteiger partial charge >= 0.3 is 0 Å². The fourth-order valence-corrected chi connectivity index (χ4v) is 2.43. The molecule has 126 valence electrons. The number of anilines is 3. The van der Waals surface area contributed by atoms with Crippen LogP contribution in [0.4, 0.5) is 17.3 Å². The molecule has 0 aliphatic rings. The van der Waals surface area contributed by atoms with E-state index in [1.165, 1.54) is 0 Å². The lowest BCUT2D eigenvalue weighted by Crippen LogP contribution is -2.15. The number of aryl methyl sites for hydroxylation is 1. The average molecular weight is 353 g/mol. The van der Waals surface area contributed by atoms with E-state index in [2.05, 4.69) is 20.8 Å².